The molecular formula is C23H25FN2O3. The highest BCUT2D eigenvalue weighted by Gasteiger charge is 2.33. The van der Waals surface area contributed by atoms with Crippen LogP contribution in [-0.2, 0) is 6.54 Å². The number of fused-ring (bicyclic) bond motifs is 1. The molecule has 1 fully saturated rings. The molecule has 6 heteroatoms. The number of furan rings is 1. The van der Waals surface area contributed by atoms with Crippen LogP contribution < -0.4 is 4.74 Å². The second-order valence-corrected chi connectivity index (χ2v) is 7.70. The Morgan fingerprint density at radius 1 is 1.14 bits per heavy atom. The Kier molecular flexibility index (Phi) is 5.28. The Hall–Kier alpha value is -2.86. The Labute approximate surface area is 169 Å². The number of rotatable bonds is 4. The average molecular weight is 396 g/mol. The van der Waals surface area contributed by atoms with Crippen LogP contribution in [0.4, 0.5) is 4.39 Å². The molecule has 2 aromatic carbocycles. The zero-order valence-corrected chi connectivity index (χ0v) is 16.9. The van der Waals surface area contributed by atoms with Crippen molar-refractivity contribution >= 4 is 16.9 Å². The quantitative estimate of drug-likeness (QED) is 0.659. The van der Waals surface area contributed by atoms with Crippen LogP contribution in [0.2, 0.25) is 0 Å². The van der Waals surface area contributed by atoms with Crippen molar-refractivity contribution < 1.29 is 18.3 Å². The highest BCUT2D eigenvalue weighted by atomic mass is 19.1. The van der Waals surface area contributed by atoms with E-state index in [4.69, 9.17) is 9.15 Å². The van der Waals surface area contributed by atoms with E-state index in [1.54, 1.807) is 13.2 Å². The van der Waals surface area contributed by atoms with Crippen LogP contribution in [-0.4, -0.2) is 48.0 Å². The van der Waals surface area contributed by atoms with Gasteiger partial charge < -0.3 is 14.1 Å². The van der Waals surface area contributed by atoms with Crippen molar-refractivity contribution in [2.45, 2.75) is 32.5 Å². The Balaban J connectivity index is 1.50. The van der Waals surface area contributed by atoms with Gasteiger partial charge in [0.15, 0.2) is 17.1 Å². The number of ether oxygens (including phenoxy) is 1. The van der Waals surface area contributed by atoms with Gasteiger partial charge in [-0.25, -0.2) is 4.39 Å². The lowest BCUT2D eigenvalue weighted by Crippen LogP contribution is -2.57. The number of piperazine rings is 1. The van der Waals surface area contributed by atoms with Crippen LogP contribution >= 0.6 is 0 Å². The third-order valence-electron chi connectivity index (χ3n) is 5.61. The minimum absolute atomic E-state index is 0.0363. The fourth-order valence-electron chi connectivity index (χ4n) is 3.97. The molecule has 0 aliphatic carbocycles. The topological polar surface area (TPSA) is 45.9 Å². The first kappa shape index (κ1) is 19.5. The lowest BCUT2D eigenvalue weighted by molar-refractivity contribution is 0.0269. The maximum absolute atomic E-state index is 13.2. The Morgan fingerprint density at radius 2 is 1.90 bits per heavy atom. The van der Waals surface area contributed by atoms with Crippen molar-refractivity contribution in [3.8, 4) is 5.75 Å². The second-order valence-electron chi connectivity index (χ2n) is 7.70. The number of nitrogens with zero attached hydrogens (tertiary/aromatic N) is 2. The monoisotopic (exact) mass is 396 g/mol. The van der Waals surface area contributed by atoms with Gasteiger partial charge in [0.05, 0.1) is 7.11 Å². The maximum atomic E-state index is 13.2. The summed E-state index contributed by atoms with van der Waals surface area (Å²) in [5, 5.41) is 0.850. The van der Waals surface area contributed by atoms with Crippen molar-refractivity contribution in [1.29, 1.82) is 0 Å². The largest absolute Gasteiger partial charge is 0.493 e. The number of amides is 1. The normalized spacial score (nSPS) is 20.2. The average Bonchev–Trinajstić information content (AvgIpc) is 3.16. The third kappa shape index (κ3) is 3.85. The van der Waals surface area contributed by atoms with Gasteiger partial charge in [0, 0.05) is 37.1 Å². The summed E-state index contributed by atoms with van der Waals surface area (Å²) in [6, 6.07) is 14.2. The number of methoxy groups -OCH3 is 1. The third-order valence-corrected chi connectivity index (χ3v) is 5.61. The highest BCUT2D eigenvalue weighted by Crippen LogP contribution is 2.30. The molecule has 3 aromatic rings. The van der Waals surface area contributed by atoms with Crippen LogP contribution in [0.1, 0.15) is 30.0 Å². The van der Waals surface area contributed by atoms with E-state index in [9.17, 15) is 9.18 Å². The first-order valence-electron chi connectivity index (χ1n) is 9.82. The molecule has 1 saturated heterocycles. The lowest BCUT2D eigenvalue weighted by atomic mass is 10.1. The number of carbonyl (C=O) groups is 1. The summed E-state index contributed by atoms with van der Waals surface area (Å²) in [6.07, 6.45) is 0. The Bertz CT molecular complexity index is 1010. The Morgan fingerprint density at radius 3 is 2.62 bits per heavy atom. The molecule has 0 N–H and O–H groups in total. The van der Waals surface area contributed by atoms with Crippen molar-refractivity contribution in [2.75, 3.05) is 20.2 Å². The number of benzene rings is 2. The molecule has 1 aliphatic rings. The van der Waals surface area contributed by atoms with Crippen LogP contribution in [0.3, 0.4) is 0 Å². The highest BCUT2D eigenvalue weighted by molar-refractivity contribution is 5.97. The predicted molar refractivity (Wildman–Crippen MR) is 110 cm³/mol. The van der Waals surface area contributed by atoms with E-state index in [0.717, 1.165) is 24.0 Å². The lowest BCUT2D eigenvalue weighted by Gasteiger charge is -2.43. The van der Waals surface area contributed by atoms with Gasteiger partial charge in [0.2, 0.25) is 0 Å². The first-order chi connectivity index (χ1) is 14.0. The van der Waals surface area contributed by atoms with Gasteiger partial charge in [-0.05, 0) is 43.7 Å². The molecule has 0 unspecified atom stereocenters. The van der Waals surface area contributed by atoms with E-state index in [1.165, 1.54) is 12.1 Å². The van der Waals surface area contributed by atoms with Gasteiger partial charge >= 0.3 is 0 Å². The van der Waals surface area contributed by atoms with Crippen LogP contribution in [0.15, 0.2) is 52.9 Å². The predicted octanol–water partition coefficient (Wildman–Crippen LogP) is 4.32. The summed E-state index contributed by atoms with van der Waals surface area (Å²) in [7, 11) is 1.59. The fraction of sp³-hybridized carbons (Fsp3) is 0.348. The van der Waals surface area contributed by atoms with Crippen molar-refractivity contribution in [2.24, 2.45) is 0 Å². The SMILES string of the molecule is COc1cccc2cc(C(=O)N3C[C@H](C)N(Cc4ccc(F)cc4)C[C@H]3C)oc12. The van der Waals surface area contributed by atoms with E-state index in [1.807, 2.05) is 42.2 Å². The molecule has 2 heterocycles. The zero-order valence-electron chi connectivity index (χ0n) is 16.9. The smallest absolute Gasteiger partial charge is 0.289 e. The first-order valence-corrected chi connectivity index (χ1v) is 9.82. The second kappa shape index (κ2) is 7.87. The molecule has 0 spiro atoms. The summed E-state index contributed by atoms with van der Waals surface area (Å²) in [5.74, 6) is 0.611. The van der Waals surface area contributed by atoms with E-state index in [0.29, 0.717) is 23.6 Å². The number of carbonyl (C=O) groups excluding carboxylic acids is 1. The number of hydrogen-bond acceptors (Lipinski definition) is 4. The summed E-state index contributed by atoms with van der Waals surface area (Å²) in [6.45, 7) is 6.24. The van der Waals surface area contributed by atoms with Crippen molar-refractivity contribution in [1.82, 2.24) is 9.80 Å². The van der Waals surface area contributed by atoms with Crippen molar-refractivity contribution in [3.05, 3.63) is 65.7 Å². The van der Waals surface area contributed by atoms with Crippen molar-refractivity contribution in [3.63, 3.8) is 0 Å². The molecule has 29 heavy (non-hydrogen) atoms. The fourth-order valence-corrected chi connectivity index (χ4v) is 3.97. The van der Waals surface area contributed by atoms with Gasteiger partial charge in [-0.15, -0.1) is 0 Å². The minimum Gasteiger partial charge on any atom is -0.493 e. The van der Waals surface area contributed by atoms with Gasteiger partial charge in [-0.3, -0.25) is 9.69 Å². The molecule has 0 bridgehead atoms. The molecule has 0 saturated carbocycles. The summed E-state index contributed by atoms with van der Waals surface area (Å²) >= 11 is 0. The molecule has 4 rings (SSSR count). The molecule has 1 aromatic heterocycles. The van der Waals surface area contributed by atoms with Crippen LogP contribution in [0, 0.1) is 5.82 Å². The van der Waals surface area contributed by atoms with Gasteiger partial charge in [-0.1, -0.05) is 24.3 Å². The molecule has 0 radical (unpaired) electrons. The molecule has 5 nitrogen and oxygen atoms in total. The summed E-state index contributed by atoms with van der Waals surface area (Å²) in [4.78, 5) is 17.4. The summed E-state index contributed by atoms with van der Waals surface area (Å²) in [5.41, 5.74) is 1.66. The van der Waals surface area contributed by atoms with E-state index in [2.05, 4.69) is 11.8 Å². The van der Waals surface area contributed by atoms with Crippen LogP contribution in [0.5, 0.6) is 5.75 Å². The van der Waals surface area contributed by atoms with E-state index < -0.39 is 0 Å². The summed E-state index contributed by atoms with van der Waals surface area (Å²) < 4.78 is 24.3. The molecular weight excluding hydrogens is 371 g/mol. The molecule has 1 aliphatic heterocycles. The number of hydrogen-bond donors (Lipinski definition) is 0. The minimum atomic E-state index is -0.229. The van der Waals surface area contributed by atoms with E-state index >= 15 is 0 Å². The number of para-hydroxylation sites is 1. The van der Waals surface area contributed by atoms with Gasteiger partial charge in [0.25, 0.3) is 5.91 Å². The maximum Gasteiger partial charge on any atom is 0.289 e. The zero-order chi connectivity index (χ0) is 20.5. The van der Waals surface area contributed by atoms with E-state index in [-0.39, 0.29) is 23.8 Å². The van der Waals surface area contributed by atoms with Gasteiger partial charge in [0.1, 0.15) is 5.82 Å². The number of halogens is 1. The standard InChI is InChI=1S/C23H25FN2O3/c1-15-13-26(16(2)12-25(15)14-17-7-9-19(24)10-8-17)23(27)21-11-18-5-4-6-20(28-3)22(18)29-21/h4-11,15-16H,12-14H2,1-3H3/t15-,16+/m0/s1. The molecule has 2 atom stereocenters. The molecule has 1 amide bonds. The molecule has 152 valence electrons. The van der Waals surface area contributed by atoms with Crippen LogP contribution in [0.25, 0.3) is 11.0 Å². The van der Waals surface area contributed by atoms with Gasteiger partial charge in [-0.2, -0.15) is 0 Å².